The van der Waals surface area contributed by atoms with Gasteiger partial charge in [0.1, 0.15) is 0 Å². The fraction of sp³-hybridized carbons (Fsp3) is 0.0476. The molecule has 0 radical (unpaired) electrons. The van der Waals surface area contributed by atoms with Gasteiger partial charge in [-0.2, -0.15) is 0 Å². The maximum absolute atomic E-state index is 9.64. The number of aliphatic hydroxyl groups is 1. The molecule has 0 aromatic heterocycles. The SMILES string of the molecule is OCc1cccc2c1cc1ccc3cccc4ccc2c1c34. The van der Waals surface area contributed by atoms with E-state index in [1.807, 2.05) is 12.1 Å². The molecule has 0 heterocycles. The molecule has 5 aromatic rings. The van der Waals surface area contributed by atoms with Gasteiger partial charge in [-0.3, -0.25) is 0 Å². The summed E-state index contributed by atoms with van der Waals surface area (Å²) in [7, 11) is 0. The van der Waals surface area contributed by atoms with E-state index in [4.69, 9.17) is 0 Å². The van der Waals surface area contributed by atoms with Gasteiger partial charge in [0.15, 0.2) is 0 Å². The number of aliphatic hydroxyl groups excluding tert-OH is 1. The molecule has 0 saturated heterocycles. The Morgan fingerprint density at radius 1 is 0.591 bits per heavy atom. The van der Waals surface area contributed by atoms with Crippen LogP contribution in [0.15, 0.2) is 66.7 Å². The Balaban J connectivity index is 2.15. The molecular formula is C21H14O. The molecule has 0 unspecified atom stereocenters. The maximum Gasteiger partial charge on any atom is 0.0687 e. The van der Waals surface area contributed by atoms with E-state index >= 15 is 0 Å². The Morgan fingerprint density at radius 3 is 2.14 bits per heavy atom. The predicted octanol–water partition coefficient (Wildman–Crippen LogP) is 5.23. The van der Waals surface area contributed by atoms with Gasteiger partial charge in [-0.25, -0.2) is 0 Å². The highest BCUT2D eigenvalue weighted by atomic mass is 16.3. The minimum Gasteiger partial charge on any atom is -0.392 e. The average Bonchev–Trinajstić information content (AvgIpc) is 2.58. The fourth-order valence-electron chi connectivity index (χ4n) is 3.77. The number of hydrogen-bond donors (Lipinski definition) is 1. The molecule has 22 heavy (non-hydrogen) atoms. The highest BCUT2D eigenvalue weighted by Crippen LogP contribution is 2.39. The standard InChI is InChI=1S/C21H14O/c22-12-16-5-2-6-17-18-10-9-14-4-1-3-13-7-8-15(11-19(16)17)21(18)20(13)14/h1-11,22H,12H2. The molecule has 5 rings (SSSR count). The third-order valence-electron chi connectivity index (χ3n) is 4.77. The topological polar surface area (TPSA) is 20.2 Å². The van der Waals surface area contributed by atoms with Crippen LogP contribution in [0.2, 0.25) is 0 Å². The molecule has 0 aliphatic heterocycles. The van der Waals surface area contributed by atoms with Gasteiger partial charge in [-0.15, -0.1) is 0 Å². The van der Waals surface area contributed by atoms with Gasteiger partial charge in [0.05, 0.1) is 6.61 Å². The molecule has 0 bridgehead atoms. The van der Waals surface area contributed by atoms with Gasteiger partial charge in [0.2, 0.25) is 0 Å². The van der Waals surface area contributed by atoms with E-state index in [-0.39, 0.29) is 6.61 Å². The van der Waals surface area contributed by atoms with Crippen LogP contribution in [0.4, 0.5) is 0 Å². The van der Waals surface area contributed by atoms with Crippen LogP contribution in [-0.4, -0.2) is 5.11 Å². The quantitative estimate of drug-likeness (QED) is 0.330. The van der Waals surface area contributed by atoms with Gasteiger partial charge >= 0.3 is 0 Å². The van der Waals surface area contributed by atoms with Crippen molar-refractivity contribution in [1.29, 1.82) is 0 Å². The highest BCUT2D eigenvalue weighted by molar-refractivity contribution is 6.29. The smallest absolute Gasteiger partial charge is 0.0687 e. The fourth-order valence-corrected chi connectivity index (χ4v) is 3.77. The first-order valence-electron chi connectivity index (χ1n) is 7.56. The number of benzene rings is 5. The second kappa shape index (κ2) is 4.19. The van der Waals surface area contributed by atoms with Gasteiger partial charge < -0.3 is 5.11 Å². The van der Waals surface area contributed by atoms with Gasteiger partial charge in [-0.1, -0.05) is 60.7 Å². The molecule has 0 aliphatic carbocycles. The highest BCUT2D eigenvalue weighted by Gasteiger charge is 2.11. The van der Waals surface area contributed by atoms with Crippen molar-refractivity contribution in [3.05, 3.63) is 72.3 Å². The summed E-state index contributed by atoms with van der Waals surface area (Å²) in [6, 6.07) is 23.7. The van der Waals surface area contributed by atoms with E-state index < -0.39 is 0 Å². The largest absolute Gasteiger partial charge is 0.392 e. The van der Waals surface area contributed by atoms with Crippen LogP contribution in [0.25, 0.3) is 43.1 Å². The molecule has 1 nitrogen and oxygen atoms in total. The molecule has 0 saturated carbocycles. The zero-order valence-electron chi connectivity index (χ0n) is 12.0. The van der Waals surface area contributed by atoms with Crippen molar-refractivity contribution >= 4 is 43.1 Å². The minimum absolute atomic E-state index is 0.0742. The first-order valence-corrected chi connectivity index (χ1v) is 7.56. The Hall–Kier alpha value is -2.64. The lowest BCUT2D eigenvalue weighted by Crippen LogP contribution is -1.89. The monoisotopic (exact) mass is 282 g/mol. The Labute approximate surface area is 127 Å². The Morgan fingerprint density at radius 2 is 1.32 bits per heavy atom. The summed E-state index contributed by atoms with van der Waals surface area (Å²) >= 11 is 0. The molecule has 1 heteroatoms. The lowest BCUT2D eigenvalue weighted by molar-refractivity contribution is 0.283. The number of fused-ring (bicyclic) bond motifs is 2. The second-order valence-electron chi connectivity index (χ2n) is 5.90. The lowest BCUT2D eigenvalue weighted by atomic mass is 9.90. The van der Waals surface area contributed by atoms with Crippen LogP contribution in [0.3, 0.4) is 0 Å². The van der Waals surface area contributed by atoms with Crippen molar-refractivity contribution in [2.45, 2.75) is 6.61 Å². The predicted molar refractivity (Wildman–Crippen MR) is 93.6 cm³/mol. The third-order valence-corrected chi connectivity index (χ3v) is 4.77. The van der Waals surface area contributed by atoms with Crippen LogP contribution >= 0.6 is 0 Å². The molecule has 0 spiro atoms. The van der Waals surface area contributed by atoms with E-state index in [2.05, 4.69) is 54.6 Å². The molecule has 0 fully saturated rings. The van der Waals surface area contributed by atoms with Gasteiger partial charge in [0.25, 0.3) is 0 Å². The minimum atomic E-state index is 0.0742. The first kappa shape index (κ1) is 12.0. The van der Waals surface area contributed by atoms with Crippen molar-refractivity contribution in [2.24, 2.45) is 0 Å². The summed E-state index contributed by atoms with van der Waals surface area (Å²) < 4.78 is 0. The summed E-state index contributed by atoms with van der Waals surface area (Å²) in [5, 5.41) is 19.8. The molecule has 1 N–H and O–H groups in total. The zero-order valence-corrected chi connectivity index (χ0v) is 12.0. The average molecular weight is 282 g/mol. The van der Waals surface area contributed by atoms with Crippen molar-refractivity contribution in [3.8, 4) is 0 Å². The number of hydrogen-bond acceptors (Lipinski definition) is 1. The van der Waals surface area contributed by atoms with Crippen molar-refractivity contribution in [3.63, 3.8) is 0 Å². The van der Waals surface area contributed by atoms with Crippen LogP contribution in [0.1, 0.15) is 5.56 Å². The number of rotatable bonds is 1. The maximum atomic E-state index is 9.64. The normalized spacial score (nSPS) is 12.0. The third kappa shape index (κ3) is 1.41. The summed E-state index contributed by atoms with van der Waals surface area (Å²) in [6.07, 6.45) is 0. The van der Waals surface area contributed by atoms with E-state index in [1.54, 1.807) is 0 Å². The van der Waals surface area contributed by atoms with Crippen molar-refractivity contribution < 1.29 is 5.11 Å². The van der Waals surface area contributed by atoms with Crippen LogP contribution in [0.5, 0.6) is 0 Å². The van der Waals surface area contributed by atoms with E-state index in [9.17, 15) is 5.11 Å². The zero-order chi connectivity index (χ0) is 14.7. The Bertz CT molecular complexity index is 1140. The van der Waals surface area contributed by atoms with Crippen LogP contribution in [-0.2, 0) is 6.61 Å². The Kier molecular flexibility index (Phi) is 2.28. The van der Waals surface area contributed by atoms with Crippen LogP contribution in [0, 0.1) is 0 Å². The molecule has 104 valence electrons. The van der Waals surface area contributed by atoms with Gasteiger partial charge in [-0.05, 0) is 54.7 Å². The van der Waals surface area contributed by atoms with E-state index in [0.29, 0.717) is 0 Å². The van der Waals surface area contributed by atoms with Gasteiger partial charge in [0, 0.05) is 0 Å². The molecule has 0 aliphatic rings. The molecule has 0 atom stereocenters. The molecule has 5 aromatic carbocycles. The van der Waals surface area contributed by atoms with Crippen molar-refractivity contribution in [2.75, 3.05) is 0 Å². The van der Waals surface area contributed by atoms with Crippen LogP contribution < -0.4 is 0 Å². The van der Waals surface area contributed by atoms with E-state index in [1.165, 1.54) is 37.7 Å². The first-order chi connectivity index (χ1) is 10.9. The summed E-state index contributed by atoms with van der Waals surface area (Å²) in [4.78, 5) is 0. The molecular weight excluding hydrogens is 268 g/mol. The summed E-state index contributed by atoms with van der Waals surface area (Å²) in [6.45, 7) is 0.0742. The second-order valence-corrected chi connectivity index (χ2v) is 5.90. The van der Waals surface area contributed by atoms with E-state index in [0.717, 1.165) is 10.9 Å². The summed E-state index contributed by atoms with van der Waals surface area (Å²) in [5.74, 6) is 0. The summed E-state index contributed by atoms with van der Waals surface area (Å²) in [5.41, 5.74) is 0.989. The lowest BCUT2D eigenvalue weighted by Gasteiger charge is -2.14. The van der Waals surface area contributed by atoms with Crippen molar-refractivity contribution in [1.82, 2.24) is 0 Å². The molecule has 0 amide bonds.